The van der Waals surface area contributed by atoms with Crippen LogP contribution >= 0.6 is 0 Å². The van der Waals surface area contributed by atoms with Gasteiger partial charge in [-0.05, 0) is 31.5 Å². The highest BCUT2D eigenvalue weighted by Crippen LogP contribution is 2.39. The summed E-state index contributed by atoms with van der Waals surface area (Å²) in [5.74, 6) is -0.797. The Kier molecular flexibility index (Phi) is 4.25. The number of likely N-dealkylation sites (tertiary alicyclic amines) is 1. The van der Waals surface area contributed by atoms with Gasteiger partial charge in [-0.3, -0.25) is 14.3 Å². The molecule has 1 N–H and O–H groups in total. The lowest BCUT2D eigenvalue weighted by Crippen LogP contribution is -2.30. The number of ether oxygens (including phenoxy) is 2. The Hall–Kier alpha value is -3.03. The van der Waals surface area contributed by atoms with Crippen LogP contribution in [-0.4, -0.2) is 51.5 Å². The summed E-state index contributed by atoms with van der Waals surface area (Å²) in [5.41, 5.74) is 2.01. The molecule has 3 heterocycles. The van der Waals surface area contributed by atoms with E-state index >= 15 is 0 Å². The number of rotatable bonds is 4. The van der Waals surface area contributed by atoms with Crippen LogP contribution in [0, 0.1) is 12.8 Å². The van der Waals surface area contributed by atoms with E-state index in [1.165, 1.54) is 0 Å². The van der Waals surface area contributed by atoms with E-state index in [1.807, 2.05) is 19.1 Å². The Morgan fingerprint density at radius 3 is 2.74 bits per heavy atom. The monoisotopic (exact) mass is 371 g/mol. The zero-order valence-electron chi connectivity index (χ0n) is 15.2. The maximum atomic E-state index is 13.0. The smallest absolute Gasteiger partial charge is 0.308 e. The molecule has 2 atom stereocenters. The third kappa shape index (κ3) is 3.01. The first-order chi connectivity index (χ1) is 13.0. The summed E-state index contributed by atoms with van der Waals surface area (Å²) in [6.07, 6.45) is 1.72. The van der Waals surface area contributed by atoms with Crippen molar-refractivity contribution in [3.05, 3.63) is 41.2 Å². The van der Waals surface area contributed by atoms with Crippen molar-refractivity contribution < 1.29 is 24.2 Å². The SMILES string of the molecule is CCn1cc(C(=O)N2C[C@@H](C(=O)O)[C@H](c3ccc4c(c3)OCO4)C2)c(C)n1. The van der Waals surface area contributed by atoms with Crippen molar-refractivity contribution in [3.8, 4) is 11.5 Å². The Labute approximate surface area is 156 Å². The van der Waals surface area contributed by atoms with E-state index < -0.39 is 11.9 Å². The molecule has 1 amide bonds. The van der Waals surface area contributed by atoms with Crippen LogP contribution in [-0.2, 0) is 11.3 Å². The fourth-order valence-electron chi connectivity index (χ4n) is 3.76. The Morgan fingerprint density at radius 2 is 2.04 bits per heavy atom. The van der Waals surface area contributed by atoms with Gasteiger partial charge in [0.05, 0.1) is 17.2 Å². The number of nitrogens with zero attached hydrogens (tertiary/aromatic N) is 3. The summed E-state index contributed by atoms with van der Waals surface area (Å²) < 4.78 is 12.4. The van der Waals surface area contributed by atoms with Crippen LogP contribution in [0.5, 0.6) is 11.5 Å². The van der Waals surface area contributed by atoms with Crippen LogP contribution < -0.4 is 9.47 Å². The number of carboxylic acid groups (broad SMARTS) is 1. The lowest BCUT2D eigenvalue weighted by Gasteiger charge is -2.16. The minimum atomic E-state index is -0.908. The van der Waals surface area contributed by atoms with Gasteiger partial charge >= 0.3 is 5.97 Å². The average molecular weight is 371 g/mol. The number of aromatic nitrogens is 2. The van der Waals surface area contributed by atoms with Gasteiger partial charge < -0.3 is 19.5 Å². The molecule has 0 saturated carbocycles. The number of hydrogen-bond acceptors (Lipinski definition) is 5. The third-order valence-electron chi connectivity index (χ3n) is 5.25. The standard InChI is InChI=1S/C19H21N3O5/c1-3-22-9-13(11(2)20-22)18(23)21-7-14(15(8-21)19(24)25)12-4-5-16-17(6-12)27-10-26-16/h4-6,9,14-15H,3,7-8,10H2,1-2H3,(H,24,25)/t14-,15+/m0/s1. The molecule has 0 spiro atoms. The first-order valence-corrected chi connectivity index (χ1v) is 8.93. The minimum Gasteiger partial charge on any atom is -0.481 e. The number of aliphatic carboxylic acids is 1. The van der Waals surface area contributed by atoms with Gasteiger partial charge in [0.25, 0.3) is 5.91 Å². The first kappa shape index (κ1) is 17.4. The second-order valence-corrected chi connectivity index (χ2v) is 6.86. The fourth-order valence-corrected chi connectivity index (χ4v) is 3.76. The number of benzene rings is 1. The molecule has 2 aliphatic rings. The highest BCUT2D eigenvalue weighted by molar-refractivity contribution is 5.95. The summed E-state index contributed by atoms with van der Waals surface area (Å²) in [6, 6.07) is 5.45. The van der Waals surface area contributed by atoms with Gasteiger partial charge in [0.2, 0.25) is 6.79 Å². The van der Waals surface area contributed by atoms with Crippen LogP contribution in [0.2, 0.25) is 0 Å². The first-order valence-electron chi connectivity index (χ1n) is 8.93. The van der Waals surface area contributed by atoms with Crippen molar-refractivity contribution in [1.82, 2.24) is 14.7 Å². The molecule has 2 aliphatic heterocycles. The molecule has 0 bridgehead atoms. The predicted octanol–water partition coefficient (Wildman–Crippen LogP) is 1.88. The molecular weight excluding hydrogens is 350 g/mol. The van der Waals surface area contributed by atoms with E-state index in [-0.39, 0.29) is 25.2 Å². The number of amides is 1. The zero-order valence-corrected chi connectivity index (χ0v) is 15.2. The van der Waals surface area contributed by atoms with E-state index in [1.54, 1.807) is 28.8 Å². The van der Waals surface area contributed by atoms with E-state index in [9.17, 15) is 14.7 Å². The maximum absolute atomic E-state index is 13.0. The maximum Gasteiger partial charge on any atom is 0.308 e. The van der Waals surface area contributed by atoms with Crippen molar-refractivity contribution >= 4 is 11.9 Å². The molecule has 0 aliphatic carbocycles. The molecule has 2 aromatic rings. The van der Waals surface area contributed by atoms with Crippen LogP contribution in [0.25, 0.3) is 0 Å². The fraction of sp³-hybridized carbons (Fsp3) is 0.421. The quantitative estimate of drug-likeness (QED) is 0.882. The van der Waals surface area contributed by atoms with Crippen LogP contribution in [0.1, 0.15) is 34.5 Å². The lowest BCUT2D eigenvalue weighted by molar-refractivity contribution is -0.141. The minimum absolute atomic E-state index is 0.164. The van der Waals surface area contributed by atoms with E-state index in [2.05, 4.69) is 5.10 Å². The normalized spacial score (nSPS) is 20.9. The number of hydrogen-bond donors (Lipinski definition) is 1. The third-order valence-corrected chi connectivity index (χ3v) is 5.25. The average Bonchev–Trinajstić information content (AvgIpc) is 3.37. The van der Waals surface area contributed by atoms with Crippen LogP contribution in [0.3, 0.4) is 0 Å². The molecule has 27 heavy (non-hydrogen) atoms. The molecule has 8 heteroatoms. The summed E-state index contributed by atoms with van der Waals surface area (Å²) in [6.45, 7) is 5.09. The number of carbonyl (C=O) groups excluding carboxylic acids is 1. The number of carboxylic acids is 1. The molecule has 0 radical (unpaired) electrons. The van der Waals surface area contributed by atoms with Crippen LogP contribution in [0.15, 0.2) is 24.4 Å². The van der Waals surface area contributed by atoms with Gasteiger partial charge in [0.1, 0.15) is 0 Å². The largest absolute Gasteiger partial charge is 0.481 e. The second-order valence-electron chi connectivity index (χ2n) is 6.86. The Balaban J connectivity index is 1.61. The summed E-state index contributed by atoms with van der Waals surface area (Å²) in [4.78, 5) is 26.4. The van der Waals surface area contributed by atoms with E-state index in [0.29, 0.717) is 35.8 Å². The molecule has 142 valence electrons. The van der Waals surface area contributed by atoms with Gasteiger partial charge in [-0.25, -0.2) is 0 Å². The molecular formula is C19H21N3O5. The topological polar surface area (TPSA) is 93.9 Å². The number of fused-ring (bicyclic) bond motifs is 1. The molecule has 1 fully saturated rings. The van der Waals surface area contributed by atoms with Crippen molar-refractivity contribution in [1.29, 1.82) is 0 Å². The summed E-state index contributed by atoms with van der Waals surface area (Å²) in [7, 11) is 0. The van der Waals surface area contributed by atoms with Gasteiger partial charge in [-0.15, -0.1) is 0 Å². The number of aryl methyl sites for hydroxylation is 2. The van der Waals surface area contributed by atoms with Crippen LogP contribution in [0.4, 0.5) is 0 Å². The zero-order chi connectivity index (χ0) is 19.1. The molecule has 0 unspecified atom stereocenters. The molecule has 8 nitrogen and oxygen atoms in total. The van der Waals surface area contributed by atoms with Gasteiger partial charge in [0, 0.05) is 31.7 Å². The van der Waals surface area contributed by atoms with Crippen molar-refractivity contribution in [3.63, 3.8) is 0 Å². The Bertz CT molecular complexity index is 907. The van der Waals surface area contributed by atoms with Gasteiger partial charge in [-0.1, -0.05) is 6.07 Å². The number of carbonyl (C=O) groups is 2. The summed E-state index contributed by atoms with van der Waals surface area (Å²) in [5, 5.41) is 14.0. The molecule has 1 aromatic heterocycles. The molecule has 1 aromatic carbocycles. The highest BCUT2D eigenvalue weighted by Gasteiger charge is 2.41. The van der Waals surface area contributed by atoms with E-state index in [0.717, 1.165) is 5.56 Å². The van der Waals surface area contributed by atoms with Gasteiger partial charge in [0.15, 0.2) is 11.5 Å². The van der Waals surface area contributed by atoms with Crippen molar-refractivity contribution in [2.24, 2.45) is 5.92 Å². The van der Waals surface area contributed by atoms with E-state index in [4.69, 9.17) is 9.47 Å². The molecule has 4 rings (SSSR count). The van der Waals surface area contributed by atoms with Gasteiger partial charge in [-0.2, -0.15) is 5.10 Å². The summed E-state index contributed by atoms with van der Waals surface area (Å²) >= 11 is 0. The molecule has 1 saturated heterocycles. The Morgan fingerprint density at radius 1 is 1.26 bits per heavy atom. The second kappa shape index (κ2) is 6.61. The van der Waals surface area contributed by atoms with Crippen molar-refractivity contribution in [2.75, 3.05) is 19.9 Å². The lowest BCUT2D eigenvalue weighted by atomic mass is 9.89. The van der Waals surface area contributed by atoms with Crippen molar-refractivity contribution in [2.45, 2.75) is 26.3 Å². The predicted molar refractivity (Wildman–Crippen MR) is 95.0 cm³/mol. The highest BCUT2D eigenvalue weighted by atomic mass is 16.7.